The molecule has 5 rings (SSSR count). The minimum absolute atomic E-state index is 0.492. The van der Waals surface area contributed by atoms with Gasteiger partial charge in [-0.15, -0.1) is 0 Å². The topological polar surface area (TPSA) is 58.9 Å². The van der Waals surface area contributed by atoms with Crippen molar-refractivity contribution in [3.05, 3.63) is 36.2 Å². The summed E-state index contributed by atoms with van der Waals surface area (Å²) in [7, 11) is 0. The number of imidazole rings is 1. The summed E-state index contributed by atoms with van der Waals surface area (Å²) >= 11 is 0. The Kier molecular flexibility index (Phi) is 5.67. The van der Waals surface area contributed by atoms with Crippen molar-refractivity contribution in [2.75, 3.05) is 25.0 Å². The smallest absolute Gasteiger partial charge is 0.166 e. The molecule has 3 heterocycles. The molecule has 0 radical (unpaired) electrons. The third-order valence-corrected chi connectivity index (χ3v) is 6.52. The predicted octanol–water partition coefficient (Wildman–Crippen LogP) is 4.64. The van der Waals surface area contributed by atoms with E-state index in [1.165, 1.54) is 58.0 Å². The molecule has 0 spiro atoms. The molecule has 1 saturated heterocycles. The maximum absolute atomic E-state index is 5.09. The summed E-state index contributed by atoms with van der Waals surface area (Å²) in [6.45, 7) is 6.34. The van der Waals surface area contributed by atoms with Gasteiger partial charge in [0.2, 0.25) is 0 Å². The van der Waals surface area contributed by atoms with Crippen LogP contribution in [0.25, 0.3) is 22.6 Å². The Balaban J connectivity index is 1.55. The number of nitrogens with zero attached hydrogens (tertiary/aromatic N) is 5. The van der Waals surface area contributed by atoms with Gasteiger partial charge < -0.3 is 14.8 Å². The number of aryl methyl sites for hydroxylation is 1. The van der Waals surface area contributed by atoms with E-state index in [2.05, 4.69) is 45.1 Å². The summed E-state index contributed by atoms with van der Waals surface area (Å²) in [4.78, 5) is 17.3. The van der Waals surface area contributed by atoms with Crippen LogP contribution in [0.1, 0.15) is 50.8 Å². The van der Waals surface area contributed by atoms with Gasteiger partial charge in [-0.25, -0.2) is 15.0 Å². The number of likely N-dealkylation sites (tertiary alicyclic amines) is 1. The summed E-state index contributed by atoms with van der Waals surface area (Å²) in [6.07, 6.45) is 8.99. The third-order valence-electron chi connectivity index (χ3n) is 6.52. The molecule has 2 aliphatic rings. The number of rotatable bonds is 6. The second-order valence-corrected chi connectivity index (χ2v) is 8.77. The van der Waals surface area contributed by atoms with Gasteiger partial charge in [-0.1, -0.05) is 49.6 Å². The normalized spacial score (nSPS) is 18.3. The Morgan fingerprint density at radius 2 is 1.67 bits per heavy atom. The van der Waals surface area contributed by atoms with E-state index < -0.39 is 0 Å². The number of benzene rings is 1. The average Bonchev–Trinajstić information content (AvgIpc) is 3.41. The fourth-order valence-electron chi connectivity index (χ4n) is 4.92. The lowest BCUT2D eigenvalue weighted by Gasteiger charge is -2.23. The molecule has 2 aromatic heterocycles. The van der Waals surface area contributed by atoms with E-state index in [0.717, 1.165) is 47.3 Å². The largest absolute Gasteiger partial charge is 0.365 e. The minimum Gasteiger partial charge on any atom is -0.365 e. The van der Waals surface area contributed by atoms with Crippen LogP contribution in [0.2, 0.25) is 0 Å². The van der Waals surface area contributed by atoms with Crippen molar-refractivity contribution in [3.8, 4) is 11.4 Å². The van der Waals surface area contributed by atoms with Gasteiger partial charge in [0, 0.05) is 24.7 Å². The molecule has 1 saturated carbocycles. The quantitative estimate of drug-likeness (QED) is 0.648. The lowest BCUT2D eigenvalue weighted by molar-refractivity contribution is 0.324. The highest BCUT2D eigenvalue weighted by Gasteiger charge is 2.22. The van der Waals surface area contributed by atoms with Crippen LogP contribution in [-0.4, -0.2) is 50.1 Å². The summed E-state index contributed by atoms with van der Waals surface area (Å²) < 4.78 is 2.31. The van der Waals surface area contributed by atoms with Gasteiger partial charge in [-0.05, 0) is 45.7 Å². The van der Waals surface area contributed by atoms with Gasteiger partial charge in [-0.3, -0.25) is 0 Å². The van der Waals surface area contributed by atoms with Crippen LogP contribution in [0.4, 0.5) is 5.82 Å². The molecule has 1 aromatic carbocycles. The Bertz CT molecular complexity index is 984. The van der Waals surface area contributed by atoms with Crippen molar-refractivity contribution >= 4 is 17.0 Å². The molecular weight excluding hydrogens is 372 g/mol. The zero-order valence-electron chi connectivity index (χ0n) is 18.0. The summed E-state index contributed by atoms with van der Waals surface area (Å²) in [5, 5.41) is 3.72. The zero-order valence-corrected chi connectivity index (χ0v) is 18.0. The zero-order chi connectivity index (χ0) is 20.3. The van der Waals surface area contributed by atoms with Crippen molar-refractivity contribution in [2.45, 2.75) is 64.5 Å². The Hall–Kier alpha value is -2.47. The predicted molar refractivity (Wildman–Crippen MR) is 122 cm³/mol. The standard InChI is InChI=1S/C24H32N6/c1-18-25-22(27-20-12-6-3-7-13-20)21-24(26-18)30(17-16-29-14-8-9-15-29)23(28-21)19-10-4-2-5-11-19/h2,4-5,10-11,20H,3,6-9,12-17H2,1H3,(H,25,26,27). The molecule has 158 valence electrons. The van der Waals surface area contributed by atoms with Gasteiger partial charge in [0.15, 0.2) is 17.0 Å². The molecule has 0 amide bonds. The van der Waals surface area contributed by atoms with Gasteiger partial charge >= 0.3 is 0 Å². The first-order chi connectivity index (χ1) is 14.8. The molecular formula is C24H32N6. The summed E-state index contributed by atoms with van der Waals surface area (Å²) in [5.74, 6) is 2.71. The molecule has 6 nitrogen and oxygen atoms in total. The van der Waals surface area contributed by atoms with E-state index in [4.69, 9.17) is 15.0 Å². The van der Waals surface area contributed by atoms with Crippen molar-refractivity contribution in [3.63, 3.8) is 0 Å². The van der Waals surface area contributed by atoms with Crippen molar-refractivity contribution < 1.29 is 0 Å². The maximum Gasteiger partial charge on any atom is 0.166 e. The van der Waals surface area contributed by atoms with Gasteiger partial charge in [0.05, 0.1) is 0 Å². The molecule has 3 aromatic rings. The van der Waals surface area contributed by atoms with Crippen LogP contribution in [0.3, 0.4) is 0 Å². The Morgan fingerprint density at radius 3 is 2.43 bits per heavy atom. The monoisotopic (exact) mass is 404 g/mol. The second-order valence-electron chi connectivity index (χ2n) is 8.77. The van der Waals surface area contributed by atoms with E-state index in [0.29, 0.717) is 6.04 Å². The SMILES string of the molecule is Cc1nc(NC2CCCCC2)c2nc(-c3ccccc3)n(CCN3CCCC3)c2n1. The highest BCUT2D eigenvalue weighted by Crippen LogP contribution is 2.29. The molecule has 0 bridgehead atoms. The van der Waals surface area contributed by atoms with Crippen LogP contribution in [0.5, 0.6) is 0 Å². The highest BCUT2D eigenvalue weighted by atomic mass is 15.2. The van der Waals surface area contributed by atoms with Gasteiger partial charge in [0.1, 0.15) is 11.6 Å². The van der Waals surface area contributed by atoms with Crippen LogP contribution in [0.15, 0.2) is 30.3 Å². The second kappa shape index (κ2) is 8.72. The maximum atomic E-state index is 5.09. The van der Waals surface area contributed by atoms with E-state index in [1.807, 2.05) is 6.92 Å². The van der Waals surface area contributed by atoms with Gasteiger partial charge in [0.25, 0.3) is 0 Å². The number of fused-ring (bicyclic) bond motifs is 1. The van der Waals surface area contributed by atoms with E-state index in [-0.39, 0.29) is 0 Å². The van der Waals surface area contributed by atoms with Crippen LogP contribution < -0.4 is 5.32 Å². The summed E-state index contributed by atoms with van der Waals surface area (Å²) in [6, 6.07) is 11.0. The molecule has 1 aliphatic carbocycles. The lowest BCUT2D eigenvalue weighted by atomic mass is 9.95. The molecule has 2 fully saturated rings. The van der Waals surface area contributed by atoms with Crippen molar-refractivity contribution in [1.82, 2.24) is 24.4 Å². The van der Waals surface area contributed by atoms with E-state index in [1.54, 1.807) is 0 Å². The fraction of sp³-hybridized carbons (Fsp3) is 0.542. The number of hydrogen-bond donors (Lipinski definition) is 1. The molecule has 1 N–H and O–H groups in total. The first-order valence-electron chi connectivity index (χ1n) is 11.6. The van der Waals surface area contributed by atoms with Crippen LogP contribution in [-0.2, 0) is 6.54 Å². The Labute approximate surface area is 178 Å². The highest BCUT2D eigenvalue weighted by molar-refractivity contribution is 5.86. The number of anilines is 1. The molecule has 6 heteroatoms. The lowest BCUT2D eigenvalue weighted by Crippen LogP contribution is -2.24. The molecule has 1 aliphatic heterocycles. The van der Waals surface area contributed by atoms with Crippen molar-refractivity contribution in [2.24, 2.45) is 0 Å². The fourth-order valence-corrected chi connectivity index (χ4v) is 4.92. The van der Waals surface area contributed by atoms with E-state index >= 15 is 0 Å². The molecule has 0 unspecified atom stereocenters. The summed E-state index contributed by atoms with van der Waals surface area (Å²) in [5.41, 5.74) is 3.00. The van der Waals surface area contributed by atoms with Gasteiger partial charge in [-0.2, -0.15) is 0 Å². The third kappa shape index (κ3) is 4.06. The number of aromatic nitrogens is 4. The first-order valence-corrected chi connectivity index (χ1v) is 11.6. The minimum atomic E-state index is 0.492. The Morgan fingerprint density at radius 1 is 0.900 bits per heavy atom. The molecule has 30 heavy (non-hydrogen) atoms. The van der Waals surface area contributed by atoms with Crippen molar-refractivity contribution in [1.29, 1.82) is 0 Å². The van der Waals surface area contributed by atoms with Crippen LogP contribution >= 0.6 is 0 Å². The number of nitrogens with one attached hydrogen (secondary N) is 1. The van der Waals surface area contributed by atoms with E-state index in [9.17, 15) is 0 Å². The van der Waals surface area contributed by atoms with Crippen LogP contribution in [0, 0.1) is 6.92 Å². The first kappa shape index (κ1) is 19.5. The average molecular weight is 405 g/mol. The molecule has 0 atom stereocenters. The number of hydrogen-bond acceptors (Lipinski definition) is 5.